The number of hydrogen-bond acceptors (Lipinski definition) is 5. The van der Waals surface area contributed by atoms with Crippen molar-refractivity contribution in [3.05, 3.63) is 29.8 Å². The first-order chi connectivity index (χ1) is 7.93. The van der Waals surface area contributed by atoms with Gasteiger partial charge in [0, 0.05) is 6.26 Å². The van der Waals surface area contributed by atoms with E-state index in [0.717, 1.165) is 11.8 Å². The van der Waals surface area contributed by atoms with E-state index < -0.39 is 9.84 Å². The summed E-state index contributed by atoms with van der Waals surface area (Å²) in [5.74, 6) is -0.348. The van der Waals surface area contributed by atoms with Crippen LogP contribution in [0.1, 0.15) is 5.56 Å². The number of esters is 1. The Morgan fingerprint density at radius 3 is 2.35 bits per heavy atom. The van der Waals surface area contributed by atoms with Crippen LogP contribution in [0.4, 0.5) is 0 Å². The second kappa shape index (κ2) is 5.79. The maximum atomic E-state index is 11.2. The number of nitrogens with one attached hydrogen (secondary N) is 1. The van der Waals surface area contributed by atoms with E-state index in [9.17, 15) is 13.2 Å². The fraction of sp³-hybridized carbons (Fsp3) is 0.364. The van der Waals surface area contributed by atoms with Crippen LogP contribution in [0, 0.1) is 0 Å². The number of likely N-dealkylation sites (N-methyl/N-ethyl adjacent to an activating group) is 1. The fourth-order valence-electron chi connectivity index (χ4n) is 1.19. The van der Waals surface area contributed by atoms with Crippen molar-refractivity contribution >= 4 is 15.8 Å². The highest BCUT2D eigenvalue weighted by molar-refractivity contribution is 7.90. The van der Waals surface area contributed by atoms with E-state index in [1.54, 1.807) is 19.2 Å². The highest BCUT2D eigenvalue weighted by Gasteiger charge is 2.07. The normalized spacial score (nSPS) is 11.2. The van der Waals surface area contributed by atoms with Gasteiger partial charge in [-0.1, -0.05) is 12.1 Å². The molecule has 94 valence electrons. The fourth-order valence-corrected chi connectivity index (χ4v) is 1.82. The van der Waals surface area contributed by atoms with Crippen molar-refractivity contribution < 1.29 is 17.9 Å². The minimum atomic E-state index is -3.18. The highest BCUT2D eigenvalue weighted by Crippen LogP contribution is 2.10. The van der Waals surface area contributed by atoms with Crippen LogP contribution in [0.2, 0.25) is 0 Å². The van der Waals surface area contributed by atoms with Crippen molar-refractivity contribution in [1.29, 1.82) is 0 Å². The van der Waals surface area contributed by atoms with Crippen molar-refractivity contribution in [3.63, 3.8) is 0 Å². The van der Waals surface area contributed by atoms with E-state index in [1.165, 1.54) is 12.1 Å². The zero-order chi connectivity index (χ0) is 12.9. The molecule has 0 amide bonds. The van der Waals surface area contributed by atoms with Gasteiger partial charge in [-0.25, -0.2) is 8.42 Å². The number of ether oxygens (including phenoxy) is 1. The molecule has 0 saturated heterocycles. The molecule has 0 bridgehead atoms. The lowest BCUT2D eigenvalue weighted by molar-refractivity contribution is -0.143. The summed E-state index contributed by atoms with van der Waals surface area (Å²) in [7, 11) is -1.52. The SMILES string of the molecule is CNCC(=O)OCc1ccc(S(C)(=O)=O)cc1. The van der Waals surface area contributed by atoms with E-state index in [2.05, 4.69) is 5.32 Å². The molecular weight excluding hydrogens is 242 g/mol. The summed E-state index contributed by atoms with van der Waals surface area (Å²) < 4.78 is 27.3. The van der Waals surface area contributed by atoms with Crippen LogP contribution in [0.5, 0.6) is 0 Å². The zero-order valence-electron chi connectivity index (χ0n) is 9.76. The lowest BCUT2D eigenvalue weighted by atomic mass is 10.2. The van der Waals surface area contributed by atoms with E-state index >= 15 is 0 Å². The summed E-state index contributed by atoms with van der Waals surface area (Å²) in [5, 5.41) is 2.68. The van der Waals surface area contributed by atoms with Gasteiger partial charge in [-0.05, 0) is 24.7 Å². The highest BCUT2D eigenvalue weighted by atomic mass is 32.2. The third-order valence-corrected chi connectivity index (χ3v) is 3.20. The third-order valence-electron chi connectivity index (χ3n) is 2.07. The van der Waals surface area contributed by atoms with E-state index in [4.69, 9.17) is 4.74 Å². The van der Waals surface area contributed by atoms with E-state index in [1.807, 2.05) is 0 Å². The molecule has 0 saturated carbocycles. The average molecular weight is 257 g/mol. The van der Waals surface area contributed by atoms with Gasteiger partial charge >= 0.3 is 5.97 Å². The van der Waals surface area contributed by atoms with Gasteiger partial charge in [0.1, 0.15) is 6.61 Å². The summed E-state index contributed by atoms with van der Waals surface area (Å²) in [6, 6.07) is 6.25. The van der Waals surface area contributed by atoms with Gasteiger partial charge in [0.15, 0.2) is 9.84 Å². The van der Waals surface area contributed by atoms with E-state index in [-0.39, 0.29) is 24.0 Å². The number of carbonyl (C=O) groups is 1. The lowest BCUT2D eigenvalue weighted by Crippen LogP contribution is -2.20. The Morgan fingerprint density at radius 1 is 1.29 bits per heavy atom. The van der Waals surface area contributed by atoms with Crippen LogP contribution in [-0.4, -0.2) is 34.2 Å². The molecule has 0 aromatic heterocycles. The minimum absolute atomic E-state index is 0.143. The molecule has 0 atom stereocenters. The Labute approximate surface area is 101 Å². The van der Waals surface area contributed by atoms with Crippen LogP contribution < -0.4 is 5.32 Å². The number of hydrogen-bond donors (Lipinski definition) is 1. The van der Waals surface area contributed by atoms with Crippen molar-refractivity contribution in [2.24, 2.45) is 0 Å². The van der Waals surface area contributed by atoms with Crippen molar-refractivity contribution in [1.82, 2.24) is 5.32 Å². The second-order valence-electron chi connectivity index (χ2n) is 3.61. The first-order valence-electron chi connectivity index (χ1n) is 5.02. The second-order valence-corrected chi connectivity index (χ2v) is 5.62. The Balaban J connectivity index is 2.60. The van der Waals surface area contributed by atoms with Crippen LogP contribution in [0.3, 0.4) is 0 Å². The largest absolute Gasteiger partial charge is 0.460 e. The lowest BCUT2D eigenvalue weighted by Gasteiger charge is -2.05. The number of carbonyl (C=O) groups excluding carboxylic acids is 1. The predicted molar refractivity (Wildman–Crippen MR) is 63.3 cm³/mol. The molecule has 6 heteroatoms. The monoisotopic (exact) mass is 257 g/mol. The van der Waals surface area contributed by atoms with Gasteiger partial charge in [0.25, 0.3) is 0 Å². The summed E-state index contributed by atoms with van der Waals surface area (Å²) >= 11 is 0. The maximum Gasteiger partial charge on any atom is 0.320 e. The van der Waals surface area contributed by atoms with Crippen molar-refractivity contribution in [2.75, 3.05) is 19.8 Å². The first-order valence-corrected chi connectivity index (χ1v) is 6.92. The van der Waals surface area contributed by atoms with Crippen molar-refractivity contribution in [2.45, 2.75) is 11.5 Å². The van der Waals surface area contributed by atoms with E-state index in [0.29, 0.717) is 0 Å². The quantitative estimate of drug-likeness (QED) is 0.771. The molecule has 0 unspecified atom stereocenters. The third kappa shape index (κ3) is 4.54. The van der Waals surface area contributed by atoms with Crippen LogP contribution in [0.15, 0.2) is 29.2 Å². The van der Waals surface area contributed by atoms with Gasteiger partial charge in [-0.2, -0.15) is 0 Å². The summed E-state index contributed by atoms with van der Waals surface area (Å²) in [6.45, 7) is 0.298. The molecule has 0 radical (unpaired) electrons. The van der Waals surface area contributed by atoms with Gasteiger partial charge in [0.05, 0.1) is 11.4 Å². The zero-order valence-corrected chi connectivity index (χ0v) is 10.6. The van der Waals surface area contributed by atoms with Gasteiger partial charge in [-0.3, -0.25) is 4.79 Å². The molecule has 0 spiro atoms. The Morgan fingerprint density at radius 2 is 1.88 bits per heavy atom. The molecule has 5 nitrogen and oxygen atoms in total. The maximum absolute atomic E-state index is 11.2. The molecule has 1 N–H and O–H groups in total. The standard InChI is InChI=1S/C11H15NO4S/c1-12-7-11(13)16-8-9-3-5-10(6-4-9)17(2,14)15/h3-6,12H,7-8H2,1-2H3. The topological polar surface area (TPSA) is 72.5 Å². The average Bonchev–Trinajstić information content (AvgIpc) is 2.26. The van der Waals surface area contributed by atoms with Gasteiger partial charge in [0.2, 0.25) is 0 Å². The smallest absolute Gasteiger partial charge is 0.320 e. The minimum Gasteiger partial charge on any atom is -0.460 e. The van der Waals surface area contributed by atoms with Crippen molar-refractivity contribution in [3.8, 4) is 0 Å². The molecule has 0 aliphatic heterocycles. The molecule has 1 aromatic rings. The Hall–Kier alpha value is -1.40. The molecule has 0 heterocycles. The van der Waals surface area contributed by atoms with Gasteiger partial charge in [-0.15, -0.1) is 0 Å². The summed E-state index contributed by atoms with van der Waals surface area (Å²) in [6.07, 6.45) is 1.15. The molecule has 0 aliphatic rings. The van der Waals surface area contributed by atoms with Gasteiger partial charge < -0.3 is 10.1 Å². The summed E-state index contributed by atoms with van der Waals surface area (Å²) in [5.41, 5.74) is 0.752. The molecule has 1 rings (SSSR count). The molecular formula is C11H15NO4S. The van der Waals surface area contributed by atoms with Crippen LogP contribution >= 0.6 is 0 Å². The first kappa shape index (κ1) is 13.7. The Bertz CT molecular complexity index is 479. The van der Waals surface area contributed by atoms with Crippen LogP contribution in [0.25, 0.3) is 0 Å². The molecule has 0 aliphatic carbocycles. The molecule has 17 heavy (non-hydrogen) atoms. The number of rotatable bonds is 5. The number of benzene rings is 1. The predicted octanol–water partition coefficient (Wildman–Crippen LogP) is 0.353. The molecule has 1 aromatic carbocycles. The van der Waals surface area contributed by atoms with Crippen LogP contribution in [-0.2, 0) is 26.0 Å². The molecule has 0 fully saturated rings. The Kier molecular flexibility index (Phi) is 4.65. The summed E-state index contributed by atoms with van der Waals surface area (Å²) in [4.78, 5) is 11.3. The number of sulfone groups is 1.